The van der Waals surface area contributed by atoms with Gasteiger partial charge in [0.2, 0.25) is 0 Å². The summed E-state index contributed by atoms with van der Waals surface area (Å²) in [6.07, 6.45) is -4.38. The second-order valence-electron chi connectivity index (χ2n) is 2.44. The quantitative estimate of drug-likeness (QED) is 0.691. The molecule has 69 valence electrons. The molecule has 0 aliphatic carbocycles. The third kappa shape index (κ3) is 2.45. The van der Waals surface area contributed by atoms with Crippen LogP contribution in [0, 0.1) is 7.11 Å². The van der Waals surface area contributed by atoms with Crippen LogP contribution in [0.5, 0.6) is 0 Å². The van der Waals surface area contributed by atoms with Crippen molar-refractivity contribution in [2.45, 2.75) is 12.8 Å². The van der Waals surface area contributed by atoms with E-state index in [1.807, 2.05) is 0 Å². The first kappa shape index (κ1) is 10.1. The van der Waals surface area contributed by atoms with Gasteiger partial charge >= 0.3 is 6.18 Å². The highest BCUT2D eigenvalue weighted by Gasteiger charge is 2.32. The lowest BCUT2D eigenvalue weighted by molar-refractivity contribution is -0.138. The molecule has 0 amide bonds. The average molecular weight is 187 g/mol. The monoisotopic (exact) mass is 187 g/mol. The lowest BCUT2D eigenvalue weighted by Gasteiger charge is -2.10. The minimum absolute atomic E-state index is 0.0231. The number of halogens is 3. The number of alkyl halides is 3. The van der Waals surface area contributed by atoms with Crippen LogP contribution in [0.15, 0.2) is 24.3 Å². The summed E-state index contributed by atoms with van der Waals surface area (Å²) >= 11 is 0. The van der Waals surface area contributed by atoms with E-state index in [0.29, 0.717) is 0 Å². The molecule has 0 saturated heterocycles. The highest BCUT2D eigenvalue weighted by atomic mass is 19.4. The summed E-state index contributed by atoms with van der Waals surface area (Å²) in [6.45, 7) is -0.352. The summed E-state index contributed by atoms with van der Waals surface area (Å²) in [5.74, 6) is 0. The van der Waals surface area contributed by atoms with Crippen LogP contribution in [-0.4, -0.2) is 0 Å². The molecule has 0 aromatic heterocycles. The van der Waals surface area contributed by atoms with E-state index in [0.717, 1.165) is 6.07 Å². The number of rotatable bonds is 2. The van der Waals surface area contributed by atoms with Crippen LogP contribution in [-0.2, 0) is 17.5 Å². The zero-order valence-corrected chi connectivity index (χ0v) is 6.56. The molecule has 0 saturated carbocycles. The highest BCUT2D eigenvalue weighted by molar-refractivity contribution is 5.28. The molecule has 0 N–H and O–H groups in total. The summed E-state index contributed by atoms with van der Waals surface area (Å²) in [6, 6.07) is 5.03. The number of ether oxygens (including phenoxy) is 1. The molecule has 4 heteroatoms. The molecule has 1 aromatic rings. The molecule has 0 bridgehead atoms. The summed E-state index contributed by atoms with van der Waals surface area (Å²) < 4.78 is 40.7. The number of benzene rings is 1. The van der Waals surface area contributed by atoms with E-state index in [1.165, 1.54) is 18.2 Å². The summed E-state index contributed by atoms with van der Waals surface area (Å²) in [5.41, 5.74) is -0.771. The van der Waals surface area contributed by atoms with Gasteiger partial charge in [0.25, 0.3) is 0 Å². The Bertz CT molecular complexity index is 280. The topological polar surface area (TPSA) is 9.23 Å². The predicted octanol–water partition coefficient (Wildman–Crippen LogP) is 2.77. The second-order valence-corrected chi connectivity index (χ2v) is 2.44. The third-order valence-corrected chi connectivity index (χ3v) is 1.55. The SMILES string of the molecule is [C]OCc1ccccc1C(F)(F)F. The van der Waals surface area contributed by atoms with E-state index in [-0.39, 0.29) is 12.2 Å². The van der Waals surface area contributed by atoms with Crippen LogP contribution in [0.2, 0.25) is 0 Å². The first-order valence-electron chi connectivity index (χ1n) is 3.49. The fourth-order valence-corrected chi connectivity index (χ4v) is 1.00. The van der Waals surface area contributed by atoms with E-state index in [9.17, 15) is 13.2 Å². The van der Waals surface area contributed by atoms with E-state index in [1.54, 1.807) is 0 Å². The molecule has 13 heavy (non-hydrogen) atoms. The van der Waals surface area contributed by atoms with Gasteiger partial charge in [0.15, 0.2) is 7.11 Å². The predicted molar refractivity (Wildman–Crippen MR) is 39.5 cm³/mol. The lowest BCUT2D eigenvalue weighted by atomic mass is 10.1. The van der Waals surface area contributed by atoms with Crippen LogP contribution in [0.25, 0.3) is 0 Å². The van der Waals surface area contributed by atoms with Crippen molar-refractivity contribution in [2.24, 2.45) is 0 Å². The Balaban J connectivity index is 3.05. The molecule has 0 unspecified atom stereocenters. The van der Waals surface area contributed by atoms with Crippen molar-refractivity contribution in [3.63, 3.8) is 0 Å². The van der Waals surface area contributed by atoms with Crippen LogP contribution in [0.1, 0.15) is 11.1 Å². The Hall–Kier alpha value is -1.03. The molecule has 0 aliphatic rings. The van der Waals surface area contributed by atoms with Crippen molar-refractivity contribution >= 4 is 0 Å². The molecule has 0 atom stereocenters. The fraction of sp³-hybridized carbons (Fsp3) is 0.222. The standard InChI is InChI=1S/C9H6F3O/c1-13-6-7-4-2-3-5-8(7)9(10,11)12/h2-5H,6H2. The molecule has 1 aromatic carbocycles. The summed E-state index contributed by atoms with van der Waals surface area (Å²) in [5, 5.41) is 0. The van der Waals surface area contributed by atoms with E-state index in [4.69, 9.17) is 7.11 Å². The molecule has 0 heterocycles. The zero-order valence-electron chi connectivity index (χ0n) is 6.56. The van der Waals surface area contributed by atoms with Gasteiger partial charge in [-0.15, -0.1) is 0 Å². The molecule has 3 radical (unpaired) electrons. The maximum Gasteiger partial charge on any atom is 0.416 e. The van der Waals surface area contributed by atoms with E-state index < -0.39 is 11.7 Å². The molecular weight excluding hydrogens is 181 g/mol. The van der Waals surface area contributed by atoms with Crippen molar-refractivity contribution in [3.8, 4) is 0 Å². The number of hydrogen-bond acceptors (Lipinski definition) is 1. The van der Waals surface area contributed by atoms with Crippen LogP contribution >= 0.6 is 0 Å². The van der Waals surface area contributed by atoms with Crippen LogP contribution in [0.4, 0.5) is 13.2 Å². The van der Waals surface area contributed by atoms with Crippen molar-refractivity contribution in [1.29, 1.82) is 0 Å². The van der Waals surface area contributed by atoms with Gasteiger partial charge in [-0.3, -0.25) is 0 Å². The molecular formula is C9H6F3O. The molecule has 0 aliphatic heterocycles. The summed E-state index contributed by atoms with van der Waals surface area (Å²) in [4.78, 5) is 0. The van der Waals surface area contributed by atoms with Crippen molar-refractivity contribution < 1.29 is 17.9 Å². The zero-order chi connectivity index (χ0) is 9.90. The maximum atomic E-state index is 12.3. The normalized spacial score (nSPS) is 11.7. The lowest BCUT2D eigenvalue weighted by Crippen LogP contribution is -2.09. The van der Waals surface area contributed by atoms with Gasteiger partial charge in [-0.25, -0.2) is 0 Å². The van der Waals surface area contributed by atoms with Crippen molar-refractivity contribution in [3.05, 3.63) is 42.5 Å². The van der Waals surface area contributed by atoms with Gasteiger partial charge in [0.1, 0.15) is 0 Å². The van der Waals surface area contributed by atoms with E-state index >= 15 is 0 Å². The third-order valence-electron chi connectivity index (χ3n) is 1.55. The Morgan fingerprint density at radius 1 is 1.23 bits per heavy atom. The van der Waals surface area contributed by atoms with E-state index in [2.05, 4.69) is 4.74 Å². The van der Waals surface area contributed by atoms with Gasteiger partial charge < -0.3 is 4.74 Å². The van der Waals surface area contributed by atoms with Crippen LogP contribution in [0.3, 0.4) is 0 Å². The molecule has 1 nitrogen and oxygen atoms in total. The number of hydrogen-bond donors (Lipinski definition) is 0. The van der Waals surface area contributed by atoms with Gasteiger partial charge in [0.05, 0.1) is 12.2 Å². The molecule has 0 fully saturated rings. The fourth-order valence-electron chi connectivity index (χ4n) is 1.00. The van der Waals surface area contributed by atoms with Crippen molar-refractivity contribution in [2.75, 3.05) is 0 Å². The average Bonchev–Trinajstić information content (AvgIpc) is 2.04. The Kier molecular flexibility index (Phi) is 2.93. The van der Waals surface area contributed by atoms with Crippen molar-refractivity contribution in [1.82, 2.24) is 0 Å². The first-order chi connectivity index (χ1) is 6.05. The second kappa shape index (κ2) is 3.79. The molecule has 0 spiro atoms. The first-order valence-corrected chi connectivity index (χ1v) is 3.49. The summed E-state index contributed by atoms with van der Waals surface area (Å²) in [7, 11) is 6.37. The smallest absolute Gasteiger partial charge is 0.360 e. The minimum Gasteiger partial charge on any atom is -0.360 e. The van der Waals surface area contributed by atoms with Gasteiger partial charge in [-0.2, -0.15) is 13.2 Å². The van der Waals surface area contributed by atoms with Gasteiger partial charge in [-0.1, -0.05) is 18.2 Å². The Labute approximate surface area is 74.1 Å². The highest BCUT2D eigenvalue weighted by Crippen LogP contribution is 2.31. The van der Waals surface area contributed by atoms with Gasteiger partial charge in [0, 0.05) is 0 Å². The Morgan fingerprint density at radius 3 is 2.38 bits per heavy atom. The largest absolute Gasteiger partial charge is 0.416 e. The Morgan fingerprint density at radius 2 is 1.85 bits per heavy atom. The maximum absolute atomic E-state index is 12.3. The minimum atomic E-state index is -4.38. The van der Waals surface area contributed by atoms with Gasteiger partial charge in [-0.05, 0) is 11.6 Å². The van der Waals surface area contributed by atoms with Crippen LogP contribution < -0.4 is 0 Å². The molecule has 1 rings (SSSR count).